The molecule has 0 spiro atoms. The van der Waals surface area contributed by atoms with E-state index in [0.717, 1.165) is 24.0 Å². The van der Waals surface area contributed by atoms with E-state index in [1.807, 2.05) is 36.4 Å². The SMILES string of the molecule is CCCCNC(=O)[C@@H](C)N(Cc1ccccc1)C(=O)CSCc1ccc(Cl)cc1Cl. The molecule has 0 aliphatic carbocycles. The molecular weight excluding hydrogens is 439 g/mol. The Balaban J connectivity index is 2.02. The van der Waals surface area contributed by atoms with Crippen molar-refractivity contribution in [1.82, 2.24) is 10.2 Å². The van der Waals surface area contributed by atoms with Gasteiger partial charge in [-0.1, -0.05) is 72.9 Å². The van der Waals surface area contributed by atoms with Gasteiger partial charge >= 0.3 is 0 Å². The van der Waals surface area contributed by atoms with Gasteiger partial charge in [0.15, 0.2) is 0 Å². The normalized spacial score (nSPS) is 11.7. The first-order valence-electron chi connectivity index (χ1n) is 10.0. The fourth-order valence-electron chi connectivity index (χ4n) is 2.87. The van der Waals surface area contributed by atoms with Crippen molar-refractivity contribution in [3.05, 3.63) is 69.7 Å². The standard InChI is InChI=1S/C23H28Cl2N2O2S/c1-3-4-12-26-23(29)17(2)27(14-18-8-6-5-7-9-18)22(28)16-30-15-19-10-11-20(24)13-21(19)25/h5-11,13,17H,3-4,12,14-16H2,1-2H3,(H,26,29)/t17-/m1/s1. The van der Waals surface area contributed by atoms with Crippen LogP contribution in [0.4, 0.5) is 0 Å². The monoisotopic (exact) mass is 466 g/mol. The summed E-state index contributed by atoms with van der Waals surface area (Å²) in [6.45, 7) is 4.87. The first-order valence-corrected chi connectivity index (χ1v) is 12.0. The van der Waals surface area contributed by atoms with Crippen LogP contribution in [0.25, 0.3) is 0 Å². The summed E-state index contributed by atoms with van der Waals surface area (Å²) in [6, 6.07) is 14.5. The smallest absolute Gasteiger partial charge is 0.242 e. The van der Waals surface area contributed by atoms with Gasteiger partial charge < -0.3 is 10.2 Å². The predicted molar refractivity (Wildman–Crippen MR) is 127 cm³/mol. The van der Waals surface area contributed by atoms with Crippen molar-refractivity contribution in [2.24, 2.45) is 0 Å². The van der Waals surface area contributed by atoms with Gasteiger partial charge in [0, 0.05) is 28.9 Å². The average molecular weight is 467 g/mol. The molecule has 1 N–H and O–H groups in total. The molecule has 162 valence electrons. The maximum absolute atomic E-state index is 13.0. The maximum atomic E-state index is 13.0. The molecule has 7 heteroatoms. The lowest BCUT2D eigenvalue weighted by Crippen LogP contribution is -2.48. The van der Waals surface area contributed by atoms with Crippen molar-refractivity contribution in [2.45, 2.75) is 45.0 Å². The fourth-order valence-corrected chi connectivity index (χ4v) is 4.34. The van der Waals surface area contributed by atoms with Crippen molar-refractivity contribution in [1.29, 1.82) is 0 Å². The molecule has 2 aromatic carbocycles. The number of carbonyl (C=O) groups excluding carboxylic acids is 2. The minimum Gasteiger partial charge on any atom is -0.354 e. The summed E-state index contributed by atoms with van der Waals surface area (Å²) >= 11 is 13.6. The number of hydrogen-bond donors (Lipinski definition) is 1. The number of hydrogen-bond acceptors (Lipinski definition) is 3. The molecular formula is C23H28Cl2N2O2S. The number of unbranched alkanes of at least 4 members (excludes halogenated alkanes) is 1. The first-order chi connectivity index (χ1) is 14.4. The highest BCUT2D eigenvalue weighted by Gasteiger charge is 2.25. The topological polar surface area (TPSA) is 49.4 Å². The van der Waals surface area contributed by atoms with Crippen molar-refractivity contribution in [2.75, 3.05) is 12.3 Å². The Hall–Kier alpha value is -1.69. The van der Waals surface area contributed by atoms with Crippen molar-refractivity contribution in [3.63, 3.8) is 0 Å². The van der Waals surface area contributed by atoms with E-state index in [1.54, 1.807) is 24.0 Å². The van der Waals surface area contributed by atoms with Crippen LogP contribution in [-0.2, 0) is 21.9 Å². The Kier molecular flexibility index (Phi) is 10.6. The van der Waals surface area contributed by atoms with Crippen LogP contribution < -0.4 is 5.32 Å². The summed E-state index contributed by atoms with van der Waals surface area (Å²) < 4.78 is 0. The van der Waals surface area contributed by atoms with Gasteiger partial charge in [-0.05, 0) is 36.6 Å². The molecule has 2 aromatic rings. The second-order valence-corrected chi connectivity index (χ2v) is 8.89. The zero-order valence-electron chi connectivity index (χ0n) is 17.4. The van der Waals surface area contributed by atoms with Gasteiger partial charge in [-0.3, -0.25) is 9.59 Å². The van der Waals surface area contributed by atoms with E-state index in [-0.39, 0.29) is 17.6 Å². The van der Waals surface area contributed by atoms with Gasteiger partial charge in [0.25, 0.3) is 0 Å². The molecule has 0 fully saturated rings. The molecule has 2 amide bonds. The average Bonchev–Trinajstić information content (AvgIpc) is 2.73. The largest absolute Gasteiger partial charge is 0.354 e. The Labute approximate surface area is 193 Å². The second kappa shape index (κ2) is 12.9. The molecule has 0 aromatic heterocycles. The van der Waals surface area contributed by atoms with Crippen LogP contribution in [-0.4, -0.2) is 35.1 Å². The van der Waals surface area contributed by atoms with Crippen molar-refractivity contribution < 1.29 is 9.59 Å². The molecule has 0 saturated heterocycles. The Bertz CT molecular complexity index is 833. The summed E-state index contributed by atoms with van der Waals surface area (Å²) in [5.74, 6) is 0.654. The minimum absolute atomic E-state index is 0.0768. The number of nitrogens with zero attached hydrogens (tertiary/aromatic N) is 1. The lowest BCUT2D eigenvalue weighted by Gasteiger charge is -2.28. The number of benzene rings is 2. The molecule has 0 aliphatic heterocycles. The summed E-state index contributed by atoms with van der Waals surface area (Å²) in [6.07, 6.45) is 1.92. The zero-order valence-corrected chi connectivity index (χ0v) is 19.7. The van der Waals surface area contributed by atoms with Crippen LogP contribution in [0.2, 0.25) is 10.0 Å². The molecule has 2 rings (SSSR count). The zero-order chi connectivity index (χ0) is 21.9. The number of thioether (sulfide) groups is 1. The van der Waals surface area contributed by atoms with E-state index in [4.69, 9.17) is 23.2 Å². The third-order valence-electron chi connectivity index (χ3n) is 4.69. The predicted octanol–water partition coefficient (Wildman–Crippen LogP) is 5.56. The Morgan fingerprint density at radius 2 is 1.87 bits per heavy atom. The number of halogens is 2. The minimum atomic E-state index is -0.547. The maximum Gasteiger partial charge on any atom is 0.242 e. The molecule has 30 heavy (non-hydrogen) atoms. The molecule has 0 bridgehead atoms. The van der Waals surface area contributed by atoms with E-state index >= 15 is 0 Å². The first kappa shape index (κ1) is 24.6. The highest BCUT2D eigenvalue weighted by atomic mass is 35.5. The molecule has 0 unspecified atom stereocenters. The van der Waals surface area contributed by atoms with Crippen LogP contribution in [0.1, 0.15) is 37.8 Å². The van der Waals surface area contributed by atoms with Gasteiger partial charge in [0.05, 0.1) is 5.75 Å². The molecule has 0 aliphatic rings. The van der Waals surface area contributed by atoms with Crippen LogP contribution in [0.15, 0.2) is 48.5 Å². The van der Waals surface area contributed by atoms with E-state index < -0.39 is 6.04 Å². The fraction of sp³-hybridized carbons (Fsp3) is 0.391. The van der Waals surface area contributed by atoms with E-state index in [1.165, 1.54) is 11.8 Å². The van der Waals surface area contributed by atoms with Crippen LogP contribution in [0.3, 0.4) is 0 Å². The van der Waals surface area contributed by atoms with Crippen molar-refractivity contribution >= 4 is 46.8 Å². The van der Waals surface area contributed by atoms with Gasteiger partial charge in [-0.2, -0.15) is 0 Å². The van der Waals surface area contributed by atoms with Gasteiger partial charge in [-0.25, -0.2) is 0 Å². The summed E-state index contributed by atoms with van der Waals surface area (Å²) in [4.78, 5) is 27.3. The van der Waals surface area contributed by atoms with Crippen molar-refractivity contribution in [3.8, 4) is 0 Å². The quantitative estimate of drug-likeness (QED) is 0.440. The van der Waals surface area contributed by atoms with E-state index in [9.17, 15) is 9.59 Å². The Morgan fingerprint density at radius 1 is 1.13 bits per heavy atom. The second-order valence-electron chi connectivity index (χ2n) is 7.06. The third-order valence-corrected chi connectivity index (χ3v) is 6.24. The third kappa shape index (κ3) is 7.86. The highest BCUT2D eigenvalue weighted by molar-refractivity contribution is 7.99. The van der Waals surface area contributed by atoms with Crippen LogP contribution in [0.5, 0.6) is 0 Å². The Morgan fingerprint density at radius 3 is 2.53 bits per heavy atom. The van der Waals surface area contributed by atoms with Gasteiger partial charge in [-0.15, -0.1) is 11.8 Å². The lowest BCUT2D eigenvalue weighted by molar-refractivity contribution is -0.138. The number of carbonyl (C=O) groups is 2. The van der Waals surface area contributed by atoms with Gasteiger partial charge in [0.1, 0.15) is 6.04 Å². The molecule has 1 atom stereocenters. The number of rotatable bonds is 11. The number of amides is 2. The van der Waals surface area contributed by atoms with Crippen LogP contribution >= 0.6 is 35.0 Å². The van der Waals surface area contributed by atoms with E-state index in [0.29, 0.717) is 28.9 Å². The van der Waals surface area contributed by atoms with Gasteiger partial charge in [0.2, 0.25) is 11.8 Å². The summed E-state index contributed by atoms with van der Waals surface area (Å²) in [5, 5.41) is 4.10. The molecule has 0 heterocycles. The summed E-state index contributed by atoms with van der Waals surface area (Å²) in [7, 11) is 0. The number of nitrogens with one attached hydrogen (secondary N) is 1. The highest BCUT2D eigenvalue weighted by Crippen LogP contribution is 2.25. The summed E-state index contributed by atoms with van der Waals surface area (Å²) in [5.41, 5.74) is 1.92. The molecule has 0 radical (unpaired) electrons. The van der Waals surface area contributed by atoms with Crippen LogP contribution in [0, 0.1) is 0 Å². The molecule has 0 saturated carbocycles. The lowest BCUT2D eigenvalue weighted by atomic mass is 10.1. The molecule has 4 nitrogen and oxygen atoms in total. The van der Waals surface area contributed by atoms with E-state index in [2.05, 4.69) is 12.2 Å².